The third-order valence-electron chi connectivity index (χ3n) is 3.55. The van der Waals surface area contributed by atoms with Gasteiger partial charge in [0.1, 0.15) is 5.82 Å². The maximum atomic E-state index is 13.3. The van der Waals surface area contributed by atoms with E-state index in [4.69, 9.17) is 21.1 Å². The lowest BCUT2D eigenvalue weighted by atomic mass is 10.2. The molecule has 0 saturated heterocycles. The van der Waals surface area contributed by atoms with Crippen molar-refractivity contribution in [3.05, 3.63) is 46.7 Å². The highest BCUT2D eigenvalue weighted by atomic mass is 35.5. The van der Waals surface area contributed by atoms with E-state index in [0.29, 0.717) is 22.8 Å². The number of fused-ring (bicyclic) bond motifs is 1. The molecule has 0 radical (unpaired) electrons. The van der Waals surface area contributed by atoms with Crippen molar-refractivity contribution in [2.45, 2.75) is 6.18 Å². The van der Waals surface area contributed by atoms with Gasteiger partial charge in [-0.2, -0.15) is 13.2 Å². The summed E-state index contributed by atoms with van der Waals surface area (Å²) in [5.74, 6) is -0.954. The number of carbonyl (C=O) groups excluding carboxylic acids is 2. The van der Waals surface area contributed by atoms with E-state index in [9.17, 15) is 27.2 Å². The molecule has 2 aromatic carbocycles. The van der Waals surface area contributed by atoms with E-state index >= 15 is 0 Å². The summed E-state index contributed by atoms with van der Waals surface area (Å²) < 4.78 is 61.9. The number of rotatable bonds is 3. The van der Waals surface area contributed by atoms with Crippen LogP contribution in [-0.2, 0) is 11.0 Å². The molecule has 0 aromatic heterocycles. The highest BCUT2D eigenvalue weighted by Crippen LogP contribution is 2.40. The molecule has 3 rings (SSSR count). The predicted octanol–water partition coefficient (Wildman–Crippen LogP) is 4.42. The highest BCUT2D eigenvalue weighted by Gasteiger charge is 2.34. The van der Waals surface area contributed by atoms with Crippen molar-refractivity contribution in [1.29, 1.82) is 0 Å². The van der Waals surface area contributed by atoms with Crippen LogP contribution in [0.25, 0.3) is 0 Å². The fourth-order valence-electron chi connectivity index (χ4n) is 2.31. The average Bonchev–Trinajstić information content (AvgIpc) is 3.03. The number of benzene rings is 2. The number of nitrogens with zero attached hydrogens (tertiary/aromatic N) is 1. The van der Waals surface area contributed by atoms with E-state index in [1.54, 1.807) is 0 Å². The Balaban J connectivity index is 1.88. The summed E-state index contributed by atoms with van der Waals surface area (Å²) in [4.78, 5) is 24.2. The molecular formula is C16H9ClF4N2O4. The number of hydrogen-bond donors (Lipinski definition) is 1. The van der Waals surface area contributed by atoms with Gasteiger partial charge in [-0.05, 0) is 18.2 Å². The van der Waals surface area contributed by atoms with E-state index in [-0.39, 0.29) is 35.3 Å². The third kappa shape index (κ3) is 3.75. The molecule has 27 heavy (non-hydrogen) atoms. The molecule has 0 aliphatic carbocycles. The minimum atomic E-state index is -4.95. The van der Waals surface area contributed by atoms with E-state index in [1.807, 2.05) is 0 Å². The van der Waals surface area contributed by atoms with Gasteiger partial charge >= 0.3 is 12.2 Å². The van der Waals surface area contributed by atoms with Crippen LogP contribution in [0.15, 0.2) is 30.3 Å². The van der Waals surface area contributed by atoms with E-state index in [0.717, 1.165) is 6.07 Å². The molecule has 0 saturated carbocycles. The molecule has 0 spiro atoms. The lowest BCUT2D eigenvalue weighted by Gasteiger charge is -2.19. The number of hydrogen-bond acceptors (Lipinski definition) is 4. The summed E-state index contributed by atoms with van der Waals surface area (Å²) in [5.41, 5.74) is -2.00. The van der Waals surface area contributed by atoms with Crippen LogP contribution in [0.1, 0.15) is 5.56 Å². The third-order valence-corrected chi connectivity index (χ3v) is 3.85. The molecule has 1 aliphatic rings. The zero-order chi connectivity index (χ0) is 19.8. The maximum absolute atomic E-state index is 13.3. The van der Waals surface area contributed by atoms with E-state index in [2.05, 4.69) is 5.32 Å². The van der Waals surface area contributed by atoms with Gasteiger partial charge in [-0.1, -0.05) is 11.6 Å². The first-order chi connectivity index (χ1) is 12.7. The van der Waals surface area contributed by atoms with Gasteiger partial charge < -0.3 is 14.8 Å². The van der Waals surface area contributed by atoms with E-state index in [1.165, 1.54) is 12.1 Å². The molecule has 1 aliphatic heterocycles. The zero-order valence-corrected chi connectivity index (χ0v) is 13.9. The topological polar surface area (TPSA) is 67.9 Å². The van der Waals surface area contributed by atoms with Crippen LogP contribution in [-0.4, -0.2) is 19.2 Å². The summed E-state index contributed by atoms with van der Waals surface area (Å²) in [7, 11) is 0. The lowest BCUT2D eigenvalue weighted by molar-refractivity contribution is -0.139. The summed E-state index contributed by atoms with van der Waals surface area (Å²) >= 11 is 6.02. The number of anilines is 2. The monoisotopic (exact) mass is 404 g/mol. The number of alkyl halides is 3. The number of urea groups is 1. The molecule has 0 fully saturated rings. The second kappa shape index (κ2) is 6.95. The molecule has 0 unspecified atom stereocenters. The van der Waals surface area contributed by atoms with Gasteiger partial charge in [0.2, 0.25) is 13.2 Å². The lowest BCUT2D eigenvalue weighted by Crippen LogP contribution is -2.34. The van der Waals surface area contributed by atoms with E-state index < -0.39 is 23.6 Å². The minimum Gasteiger partial charge on any atom is -0.454 e. The normalized spacial score (nSPS) is 12.6. The van der Waals surface area contributed by atoms with Crippen molar-refractivity contribution in [3.8, 4) is 11.5 Å². The van der Waals surface area contributed by atoms with Gasteiger partial charge in [0, 0.05) is 17.8 Å². The highest BCUT2D eigenvalue weighted by molar-refractivity contribution is 6.35. The smallest absolute Gasteiger partial charge is 0.419 e. The van der Waals surface area contributed by atoms with Gasteiger partial charge in [0.25, 0.3) is 0 Å². The number of carbonyl (C=O) groups is 2. The molecule has 6 nitrogen and oxygen atoms in total. The quantitative estimate of drug-likeness (QED) is 0.607. The largest absolute Gasteiger partial charge is 0.454 e. The van der Waals surface area contributed by atoms with Crippen LogP contribution in [0, 0.1) is 5.82 Å². The fourth-order valence-corrected chi connectivity index (χ4v) is 2.55. The number of nitrogens with one attached hydrogen (secondary N) is 1. The Kier molecular flexibility index (Phi) is 4.83. The number of amides is 3. The molecule has 3 amide bonds. The van der Waals surface area contributed by atoms with Crippen LogP contribution in [0.5, 0.6) is 11.5 Å². The molecule has 1 heterocycles. The molecule has 11 heteroatoms. The SMILES string of the molecule is O=CN(C(=O)Nc1ccc(F)c(C(F)(F)F)c1)c1cc2c(cc1Cl)OCO2. The van der Waals surface area contributed by atoms with Crippen LogP contribution >= 0.6 is 11.6 Å². The van der Waals surface area contributed by atoms with Crippen molar-refractivity contribution < 1.29 is 36.6 Å². The maximum Gasteiger partial charge on any atom is 0.419 e. The molecule has 2 aromatic rings. The first-order valence-corrected chi connectivity index (χ1v) is 7.60. The number of halogens is 5. The molecular weight excluding hydrogens is 396 g/mol. The Bertz CT molecular complexity index is 920. The van der Waals surface area contributed by atoms with Crippen molar-refractivity contribution in [3.63, 3.8) is 0 Å². The fraction of sp³-hybridized carbons (Fsp3) is 0.125. The summed E-state index contributed by atoms with van der Waals surface area (Å²) in [6, 6.07) is 3.37. The van der Waals surface area contributed by atoms with Crippen LogP contribution < -0.4 is 19.7 Å². The van der Waals surface area contributed by atoms with Gasteiger partial charge in [-0.15, -0.1) is 0 Å². The molecule has 1 N–H and O–H groups in total. The Labute approximate surface area is 154 Å². The second-order valence-electron chi connectivity index (χ2n) is 5.25. The number of ether oxygens (including phenoxy) is 2. The van der Waals surface area contributed by atoms with Gasteiger partial charge in [-0.25, -0.2) is 14.1 Å². The van der Waals surface area contributed by atoms with Crippen LogP contribution in [0.3, 0.4) is 0 Å². The molecule has 0 atom stereocenters. The Hall–Kier alpha value is -3.01. The first kappa shape index (κ1) is 18.8. The second-order valence-corrected chi connectivity index (χ2v) is 5.66. The number of imide groups is 1. The Morgan fingerprint density at radius 3 is 2.48 bits per heavy atom. The summed E-state index contributed by atoms with van der Waals surface area (Å²) in [6.45, 7) is -0.0712. The summed E-state index contributed by atoms with van der Waals surface area (Å²) in [6.07, 6.45) is -4.83. The van der Waals surface area contributed by atoms with Crippen LogP contribution in [0.2, 0.25) is 5.02 Å². The Morgan fingerprint density at radius 1 is 1.19 bits per heavy atom. The van der Waals surface area contributed by atoms with Gasteiger partial charge in [0.15, 0.2) is 11.5 Å². The van der Waals surface area contributed by atoms with Crippen molar-refractivity contribution in [2.75, 3.05) is 17.0 Å². The van der Waals surface area contributed by atoms with Crippen LogP contribution in [0.4, 0.5) is 33.7 Å². The standard InChI is InChI=1S/C16H9ClF4N2O4/c17-10-4-13-14(27-7-26-13)5-12(10)23(6-24)15(25)22-8-1-2-11(18)9(3-8)16(19,20)21/h1-6H,7H2,(H,22,25). The van der Waals surface area contributed by atoms with Crippen molar-refractivity contribution in [2.24, 2.45) is 0 Å². The Morgan fingerprint density at radius 2 is 1.85 bits per heavy atom. The molecule has 142 valence electrons. The predicted molar refractivity (Wildman–Crippen MR) is 86.5 cm³/mol. The van der Waals surface area contributed by atoms with Crippen molar-refractivity contribution in [1.82, 2.24) is 0 Å². The van der Waals surface area contributed by atoms with Gasteiger partial charge in [-0.3, -0.25) is 4.79 Å². The van der Waals surface area contributed by atoms with Crippen molar-refractivity contribution >= 4 is 35.4 Å². The minimum absolute atomic E-state index is 0.0309. The average molecular weight is 405 g/mol. The molecule has 0 bridgehead atoms. The zero-order valence-electron chi connectivity index (χ0n) is 13.1. The van der Waals surface area contributed by atoms with Gasteiger partial charge in [0.05, 0.1) is 16.3 Å². The summed E-state index contributed by atoms with van der Waals surface area (Å²) in [5, 5.41) is 2.05. The first-order valence-electron chi connectivity index (χ1n) is 7.22.